The van der Waals surface area contributed by atoms with Crippen molar-refractivity contribution in [3.05, 3.63) is 33.8 Å². The van der Waals surface area contributed by atoms with E-state index in [1.165, 1.54) is 0 Å². The zero-order chi connectivity index (χ0) is 18.5. The Morgan fingerprint density at radius 1 is 1.17 bits per heavy atom. The first-order valence-corrected chi connectivity index (χ1v) is 8.37. The number of amides is 1. The van der Waals surface area contributed by atoms with Crippen molar-refractivity contribution in [2.75, 3.05) is 0 Å². The molecule has 24 heavy (non-hydrogen) atoms. The third-order valence-electron chi connectivity index (χ3n) is 2.75. The quantitative estimate of drug-likeness (QED) is 0.775. The highest BCUT2D eigenvalue weighted by atomic mass is 35.5. The van der Waals surface area contributed by atoms with E-state index in [4.69, 9.17) is 32.7 Å². The average Bonchev–Trinajstić information content (AvgIpc) is 2.39. The van der Waals surface area contributed by atoms with Crippen LogP contribution in [0.2, 0.25) is 10.0 Å². The summed E-state index contributed by atoms with van der Waals surface area (Å²) in [7, 11) is 0. The predicted molar refractivity (Wildman–Crippen MR) is 94.6 cm³/mol. The van der Waals surface area contributed by atoms with Crippen LogP contribution in [-0.4, -0.2) is 29.8 Å². The van der Waals surface area contributed by atoms with E-state index in [0.717, 1.165) is 5.56 Å². The molecule has 0 spiro atoms. The van der Waals surface area contributed by atoms with Crippen LogP contribution in [0, 0.1) is 0 Å². The largest absolute Gasteiger partial charge is 0.461 e. The summed E-state index contributed by atoms with van der Waals surface area (Å²) in [6.07, 6.45) is -0.774. The fraction of sp³-hybridized carbons (Fsp3) is 0.529. The van der Waals surface area contributed by atoms with Gasteiger partial charge in [0.15, 0.2) is 0 Å². The first-order valence-electron chi connectivity index (χ1n) is 7.62. The first-order chi connectivity index (χ1) is 11.0. The second-order valence-corrected chi connectivity index (χ2v) is 7.45. The molecule has 0 bridgehead atoms. The number of hydrogen-bond donors (Lipinski definition) is 1. The van der Waals surface area contributed by atoms with Crippen LogP contribution in [0.4, 0.5) is 4.79 Å². The molecule has 0 saturated heterocycles. The van der Waals surface area contributed by atoms with Gasteiger partial charge < -0.3 is 14.8 Å². The lowest BCUT2D eigenvalue weighted by Gasteiger charge is -2.23. The molecule has 0 saturated carbocycles. The number of esters is 1. The Hall–Kier alpha value is -1.46. The molecule has 1 atom stereocenters. The molecule has 0 heterocycles. The SMILES string of the molecule is CC(C)OC(=O)[C@@H](Cc1ccc(Cl)c(Cl)c1)NC(=O)OC(C)(C)C. The van der Waals surface area contributed by atoms with Crippen LogP contribution in [0.1, 0.15) is 40.2 Å². The topological polar surface area (TPSA) is 64.6 Å². The molecule has 5 nitrogen and oxygen atoms in total. The molecule has 7 heteroatoms. The van der Waals surface area contributed by atoms with E-state index in [1.54, 1.807) is 52.8 Å². The van der Waals surface area contributed by atoms with Gasteiger partial charge in [-0.25, -0.2) is 9.59 Å². The molecule has 134 valence electrons. The van der Waals surface area contributed by atoms with Crippen molar-refractivity contribution >= 4 is 35.3 Å². The van der Waals surface area contributed by atoms with E-state index >= 15 is 0 Å². The molecule has 1 N–H and O–H groups in total. The second-order valence-electron chi connectivity index (χ2n) is 6.64. The Labute approximate surface area is 152 Å². The summed E-state index contributed by atoms with van der Waals surface area (Å²) < 4.78 is 10.4. The van der Waals surface area contributed by atoms with Crippen LogP contribution in [0.3, 0.4) is 0 Å². The second kappa shape index (κ2) is 8.58. The maximum Gasteiger partial charge on any atom is 0.408 e. The minimum Gasteiger partial charge on any atom is -0.461 e. The number of hydrogen-bond acceptors (Lipinski definition) is 4. The van der Waals surface area contributed by atoms with E-state index in [1.807, 2.05) is 0 Å². The molecular formula is C17H23Cl2NO4. The summed E-state index contributed by atoms with van der Waals surface area (Å²) in [4.78, 5) is 24.2. The Bertz CT molecular complexity index is 597. The van der Waals surface area contributed by atoms with E-state index in [9.17, 15) is 9.59 Å². The van der Waals surface area contributed by atoms with Gasteiger partial charge in [-0.3, -0.25) is 0 Å². The smallest absolute Gasteiger partial charge is 0.408 e. The lowest BCUT2D eigenvalue weighted by atomic mass is 10.1. The van der Waals surface area contributed by atoms with Crippen LogP contribution in [0.15, 0.2) is 18.2 Å². The Morgan fingerprint density at radius 3 is 2.29 bits per heavy atom. The van der Waals surface area contributed by atoms with E-state index in [-0.39, 0.29) is 12.5 Å². The number of benzene rings is 1. The lowest BCUT2D eigenvalue weighted by Crippen LogP contribution is -2.46. The molecule has 0 aliphatic rings. The van der Waals surface area contributed by atoms with Gasteiger partial charge in [-0.15, -0.1) is 0 Å². The summed E-state index contributed by atoms with van der Waals surface area (Å²) >= 11 is 11.9. The van der Waals surface area contributed by atoms with E-state index in [2.05, 4.69) is 5.32 Å². The lowest BCUT2D eigenvalue weighted by molar-refractivity contribution is -0.149. The summed E-state index contributed by atoms with van der Waals surface area (Å²) in [5.41, 5.74) is 0.0753. The zero-order valence-corrected chi connectivity index (χ0v) is 16.0. The van der Waals surface area contributed by atoms with Crippen molar-refractivity contribution < 1.29 is 19.1 Å². The monoisotopic (exact) mass is 375 g/mol. The van der Waals surface area contributed by atoms with Crippen LogP contribution < -0.4 is 5.32 Å². The number of carbonyl (C=O) groups excluding carboxylic acids is 2. The van der Waals surface area contributed by atoms with Crippen molar-refractivity contribution in [3.63, 3.8) is 0 Å². The van der Waals surface area contributed by atoms with Gasteiger partial charge in [-0.2, -0.15) is 0 Å². The van der Waals surface area contributed by atoms with Gasteiger partial charge in [0.05, 0.1) is 16.1 Å². The van der Waals surface area contributed by atoms with Gasteiger partial charge in [0.1, 0.15) is 11.6 Å². The molecule has 1 amide bonds. The minimum atomic E-state index is -0.889. The van der Waals surface area contributed by atoms with Gasteiger partial charge in [-0.05, 0) is 52.3 Å². The fourth-order valence-corrected chi connectivity index (χ4v) is 2.18. The number of halogens is 2. The third-order valence-corrected chi connectivity index (χ3v) is 3.49. The van der Waals surface area contributed by atoms with Crippen molar-refractivity contribution in [1.29, 1.82) is 0 Å². The number of carbonyl (C=O) groups is 2. The van der Waals surface area contributed by atoms with Crippen molar-refractivity contribution in [2.24, 2.45) is 0 Å². The minimum absolute atomic E-state index is 0.210. The maximum absolute atomic E-state index is 12.3. The predicted octanol–water partition coefficient (Wildman–Crippen LogP) is 4.38. The summed E-state index contributed by atoms with van der Waals surface area (Å²) in [6, 6.07) is 4.13. The molecule has 0 radical (unpaired) electrons. The standard InChI is InChI=1S/C17H23Cl2NO4/c1-10(2)23-15(21)14(20-16(22)24-17(3,4)5)9-11-6-7-12(18)13(19)8-11/h6-8,10,14H,9H2,1-5H3,(H,20,22)/t14-/m1/s1. The molecule has 0 aromatic heterocycles. The molecule has 0 unspecified atom stereocenters. The molecule has 0 fully saturated rings. The van der Waals surface area contributed by atoms with Crippen LogP contribution in [-0.2, 0) is 20.7 Å². The Morgan fingerprint density at radius 2 is 1.79 bits per heavy atom. The average molecular weight is 376 g/mol. The Balaban J connectivity index is 2.90. The number of nitrogens with one attached hydrogen (secondary N) is 1. The van der Waals surface area contributed by atoms with Gasteiger partial charge in [0.2, 0.25) is 0 Å². The molecule has 1 aromatic rings. The van der Waals surface area contributed by atoms with Crippen LogP contribution >= 0.6 is 23.2 Å². The van der Waals surface area contributed by atoms with Gasteiger partial charge >= 0.3 is 12.1 Å². The number of ether oxygens (including phenoxy) is 2. The van der Waals surface area contributed by atoms with Crippen LogP contribution in [0.25, 0.3) is 0 Å². The van der Waals surface area contributed by atoms with Crippen LogP contribution in [0.5, 0.6) is 0 Å². The zero-order valence-electron chi connectivity index (χ0n) is 14.5. The Kier molecular flexibility index (Phi) is 7.36. The first kappa shape index (κ1) is 20.6. The van der Waals surface area contributed by atoms with Gasteiger partial charge in [0.25, 0.3) is 0 Å². The fourth-order valence-electron chi connectivity index (χ4n) is 1.86. The van der Waals surface area contributed by atoms with Gasteiger partial charge in [0, 0.05) is 6.42 Å². The molecule has 0 aliphatic heterocycles. The normalized spacial score (nSPS) is 12.7. The number of rotatable bonds is 5. The molecule has 0 aliphatic carbocycles. The molecule has 1 rings (SSSR count). The van der Waals surface area contributed by atoms with Crippen molar-refractivity contribution in [1.82, 2.24) is 5.32 Å². The highest BCUT2D eigenvalue weighted by Crippen LogP contribution is 2.23. The van der Waals surface area contributed by atoms with E-state index in [0.29, 0.717) is 10.0 Å². The maximum atomic E-state index is 12.3. The van der Waals surface area contributed by atoms with Crippen molar-refractivity contribution in [2.45, 2.75) is 58.8 Å². The highest BCUT2D eigenvalue weighted by molar-refractivity contribution is 6.42. The summed E-state index contributed by atoms with van der Waals surface area (Å²) in [6.45, 7) is 8.70. The third kappa shape index (κ3) is 7.41. The van der Waals surface area contributed by atoms with Gasteiger partial charge in [-0.1, -0.05) is 29.3 Å². The molecular weight excluding hydrogens is 353 g/mol. The van der Waals surface area contributed by atoms with Crippen molar-refractivity contribution in [3.8, 4) is 0 Å². The number of alkyl carbamates (subject to hydrolysis) is 1. The summed E-state index contributed by atoms with van der Waals surface area (Å²) in [5.74, 6) is -0.540. The highest BCUT2D eigenvalue weighted by Gasteiger charge is 2.26. The van der Waals surface area contributed by atoms with E-state index < -0.39 is 23.7 Å². The summed E-state index contributed by atoms with van der Waals surface area (Å²) in [5, 5.41) is 3.35. The molecule has 1 aromatic carbocycles.